The third-order valence-electron chi connectivity index (χ3n) is 4.25. The van der Waals surface area contributed by atoms with Crippen molar-refractivity contribution in [3.8, 4) is 0 Å². The summed E-state index contributed by atoms with van der Waals surface area (Å²) >= 11 is 1.55. The van der Waals surface area contributed by atoms with Gasteiger partial charge in [-0.15, -0.1) is 5.10 Å². The van der Waals surface area contributed by atoms with Gasteiger partial charge in [-0.1, -0.05) is 73.3 Å². The van der Waals surface area contributed by atoms with Crippen molar-refractivity contribution in [3.05, 3.63) is 76.8 Å². The second kappa shape index (κ2) is 7.80. The second-order valence-corrected chi connectivity index (χ2v) is 7.31. The maximum Gasteiger partial charge on any atom is 0.276 e. The molecule has 2 aliphatic heterocycles. The van der Waals surface area contributed by atoms with Gasteiger partial charge in [0.05, 0.1) is 5.36 Å². The van der Waals surface area contributed by atoms with Crippen LogP contribution in [0.25, 0.3) is 11.8 Å². The number of fused-ring (bicyclic) bond motifs is 2. The molecule has 5 nitrogen and oxygen atoms in total. The number of carbonyl (C=O) groups is 1. The van der Waals surface area contributed by atoms with Gasteiger partial charge in [-0.05, 0) is 24.1 Å². The van der Waals surface area contributed by atoms with Gasteiger partial charge in [0, 0.05) is 11.0 Å². The van der Waals surface area contributed by atoms with Gasteiger partial charge in [0.25, 0.3) is 5.91 Å². The van der Waals surface area contributed by atoms with Gasteiger partial charge in [0.1, 0.15) is 5.70 Å². The Bertz CT molecular complexity index is 1030. The first-order valence-electron chi connectivity index (χ1n) is 8.98. The summed E-state index contributed by atoms with van der Waals surface area (Å²) in [6.45, 7) is 2.10. The van der Waals surface area contributed by atoms with E-state index in [0.717, 1.165) is 28.3 Å². The minimum Gasteiger partial charge on any atom is -0.298 e. The summed E-state index contributed by atoms with van der Waals surface area (Å²) in [6.07, 6.45) is 4.65. The number of hydrogen-bond donors (Lipinski definition) is 1. The Morgan fingerprint density at radius 3 is 2.74 bits per heavy atom. The molecule has 4 rings (SSSR count). The van der Waals surface area contributed by atoms with Crippen LogP contribution in [0.15, 0.2) is 70.8 Å². The number of amidine groups is 1. The van der Waals surface area contributed by atoms with Gasteiger partial charge in [0.15, 0.2) is 11.3 Å². The number of amides is 1. The second-order valence-electron chi connectivity index (χ2n) is 6.23. The quantitative estimate of drug-likeness (QED) is 0.891. The number of thioether (sulfide) groups is 1. The highest BCUT2D eigenvalue weighted by molar-refractivity contribution is 8.13. The third-order valence-corrected chi connectivity index (χ3v) is 5.32. The van der Waals surface area contributed by atoms with Crippen LogP contribution in [0.2, 0.25) is 0 Å². The van der Waals surface area contributed by atoms with Crippen LogP contribution in [0, 0.1) is 0 Å². The van der Waals surface area contributed by atoms with E-state index in [0.29, 0.717) is 10.9 Å². The standard InChI is InChI=1S/C21H20N4OS/c1-2-14-27-21-23-20(26)19-16-10-6-7-11-17(16)22-18(25(19)24-21)13-12-15-8-4-3-5-9-15/h3-13,18H,2,14H2,1H3,(H,23,24,26)/b13-12+. The summed E-state index contributed by atoms with van der Waals surface area (Å²) in [5.41, 5.74) is 1.63. The van der Waals surface area contributed by atoms with Crippen molar-refractivity contribution in [2.24, 2.45) is 10.1 Å². The summed E-state index contributed by atoms with van der Waals surface area (Å²) in [4.78, 5) is 17.7. The summed E-state index contributed by atoms with van der Waals surface area (Å²) in [7, 11) is 0. The summed E-state index contributed by atoms with van der Waals surface area (Å²) < 4.78 is 0. The lowest BCUT2D eigenvalue weighted by Gasteiger charge is -2.32. The molecule has 1 atom stereocenters. The SMILES string of the molecule is CCCSC1=NN2C(=c3ccccc3=NC2/C=C/c2ccccc2)C(=O)N1. The Morgan fingerprint density at radius 2 is 1.93 bits per heavy atom. The normalized spacial score (nSPS) is 18.5. The fourth-order valence-corrected chi connectivity index (χ4v) is 3.71. The van der Waals surface area contributed by atoms with E-state index in [2.05, 4.69) is 17.3 Å². The molecule has 0 bridgehead atoms. The van der Waals surface area contributed by atoms with Crippen LogP contribution in [-0.4, -0.2) is 28.0 Å². The molecule has 27 heavy (non-hydrogen) atoms. The molecule has 1 amide bonds. The smallest absolute Gasteiger partial charge is 0.276 e. The van der Waals surface area contributed by atoms with Crippen LogP contribution in [0.4, 0.5) is 0 Å². The Morgan fingerprint density at radius 1 is 1.15 bits per heavy atom. The molecule has 136 valence electrons. The molecule has 0 spiro atoms. The van der Waals surface area contributed by atoms with Gasteiger partial charge in [-0.25, -0.2) is 5.01 Å². The Labute approximate surface area is 162 Å². The first kappa shape index (κ1) is 17.5. The highest BCUT2D eigenvalue weighted by Gasteiger charge is 2.32. The van der Waals surface area contributed by atoms with Crippen molar-refractivity contribution in [3.63, 3.8) is 0 Å². The fourth-order valence-electron chi connectivity index (χ4n) is 3.00. The Balaban J connectivity index is 1.78. The minimum atomic E-state index is -0.363. The number of benzene rings is 2. The van der Waals surface area contributed by atoms with Gasteiger partial charge >= 0.3 is 0 Å². The maximum atomic E-state index is 12.8. The Hall–Kier alpha value is -2.86. The lowest BCUT2D eigenvalue weighted by atomic mass is 10.1. The van der Waals surface area contributed by atoms with E-state index in [1.54, 1.807) is 16.8 Å². The van der Waals surface area contributed by atoms with Crippen LogP contribution >= 0.6 is 11.8 Å². The molecule has 0 saturated heterocycles. The molecule has 0 aromatic heterocycles. The average molecular weight is 376 g/mol. The van der Waals surface area contributed by atoms with Crippen molar-refractivity contribution in [2.45, 2.75) is 19.5 Å². The summed E-state index contributed by atoms with van der Waals surface area (Å²) in [5.74, 6) is 0.768. The zero-order valence-electron chi connectivity index (χ0n) is 15.0. The molecule has 1 N–H and O–H groups in total. The van der Waals surface area contributed by atoms with Crippen LogP contribution in [-0.2, 0) is 4.79 Å². The molecule has 0 aliphatic carbocycles. The molecule has 2 aromatic rings. The van der Waals surface area contributed by atoms with Gasteiger partial charge in [0.2, 0.25) is 0 Å². The molecule has 1 unspecified atom stereocenters. The van der Waals surface area contributed by atoms with E-state index in [9.17, 15) is 4.79 Å². The average Bonchev–Trinajstić information content (AvgIpc) is 2.71. The molecule has 0 saturated carbocycles. The van der Waals surface area contributed by atoms with E-state index >= 15 is 0 Å². The lowest BCUT2D eigenvalue weighted by molar-refractivity contribution is -0.116. The highest BCUT2D eigenvalue weighted by Crippen LogP contribution is 2.22. The predicted molar refractivity (Wildman–Crippen MR) is 110 cm³/mol. The van der Waals surface area contributed by atoms with E-state index in [1.807, 2.05) is 66.7 Å². The van der Waals surface area contributed by atoms with Crippen LogP contribution in [0.3, 0.4) is 0 Å². The van der Waals surface area contributed by atoms with Gasteiger partial charge < -0.3 is 0 Å². The molecule has 0 fully saturated rings. The maximum absolute atomic E-state index is 12.8. The van der Waals surface area contributed by atoms with Crippen molar-refractivity contribution >= 4 is 34.6 Å². The number of para-hydroxylation sites is 1. The van der Waals surface area contributed by atoms with Crippen LogP contribution in [0.5, 0.6) is 0 Å². The topological polar surface area (TPSA) is 57.1 Å². The van der Waals surface area contributed by atoms with Crippen molar-refractivity contribution in [2.75, 3.05) is 5.75 Å². The fraction of sp³-hybridized carbons (Fsp3) is 0.190. The Kier molecular flexibility index (Phi) is 5.07. The van der Waals surface area contributed by atoms with Crippen molar-refractivity contribution in [1.29, 1.82) is 0 Å². The van der Waals surface area contributed by atoms with Crippen molar-refractivity contribution < 1.29 is 4.79 Å². The van der Waals surface area contributed by atoms with Crippen LogP contribution in [0.1, 0.15) is 18.9 Å². The molecule has 2 aliphatic rings. The molecular weight excluding hydrogens is 356 g/mol. The molecule has 0 radical (unpaired) electrons. The van der Waals surface area contributed by atoms with E-state index in [-0.39, 0.29) is 12.1 Å². The third kappa shape index (κ3) is 3.66. The number of nitrogens with one attached hydrogen (secondary N) is 1. The predicted octanol–water partition coefficient (Wildman–Crippen LogP) is 2.31. The molecule has 2 aromatic carbocycles. The number of hydrogen-bond acceptors (Lipinski definition) is 5. The zero-order valence-corrected chi connectivity index (χ0v) is 15.8. The first-order chi connectivity index (χ1) is 13.3. The van der Waals surface area contributed by atoms with Gasteiger partial charge in [-0.2, -0.15) is 0 Å². The number of rotatable bonds is 4. The molecular formula is C21H20N4OS. The number of carbonyl (C=O) groups excluding carboxylic acids is 1. The monoisotopic (exact) mass is 376 g/mol. The number of nitrogens with zero attached hydrogens (tertiary/aromatic N) is 3. The largest absolute Gasteiger partial charge is 0.298 e. The summed E-state index contributed by atoms with van der Waals surface area (Å²) in [6, 6.07) is 17.7. The van der Waals surface area contributed by atoms with E-state index in [4.69, 9.17) is 4.99 Å². The first-order valence-corrected chi connectivity index (χ1v) is 9.97. The number of hydrazone groups is 1. The lowest BCUT2D eigenvalue weighted by Crippen LogP contribution is -2.52. The minimum absolute atomic E-state index is 0.135. The highest BCUT2D eigenvalue weighted by atomic mass is 32.2. The van der Waals surface area contributed by atoms with Crippen molar-refractivity contribution in [1.82, 2.24) is 10.3 Å². The van der Waals surface area contributed by atoms with E-state index in [1.165, 1.54) is 0 Å². The van der Waals surface area contributed by atoms with E-state index < -0.39 is 0 Å². The summed E-state index contributed by atoms with van der Waals surface area (Å²) in [5, 5.41) is 11.6. The molecule has 6 heteroatoms. The van der Waals surface area contributed by atoms with Gasteiger partial charge in [-0.3, -0.25) is 15.1 Å². The zero-order chi connectivity index (χ0) is 18.6. The van der Waals surface area contributed by atoms with Crippen LogP contribution < -0.4 is 15.9 Å². The molecule has 2 heterocycles.